The van der Waals surface area contributed by atoms with E-state index in [1.807, 2.05) is 42.7 Å². The Kier molecular flexibility index (Phi) is 5.68. The van der Waals surface area contributed by atoms with Gasteiger partial charge in [0.15, 0.2) is 0 Å². The molecule has 3 heterocycles. The van der Waals surface area contributed by atoms with Crippen molar-refractivity contribution in [2.24, 2.45) is 5.92 Å². The maximum absolute atomic E-state index is 6.70. The van der Waals surface area contributed by atoms with Crippen LogP contribution in [0.1, 0.15) is 36.4 Å². The summed E-state index contributed by atoms with van der Waals surface area (Å²) in [4.78, 5) is 6.91. The standard InChI is InChI=1S/C25H25Cl2N3/c26-22-9-3-1-7-20(22)25(21-8-2-4-10-23(21)27)30-19-11-12-24(30)17(14-19)15-29-18-6-5-13-28-16-18/h1-10,13,16-17,19,24-25,29H,11-12,14-15H2. The van der Waals surface area contributed by atoms with E-state index in [4.69, 9.17) is 23.2 Å². The summed E-state index contributed by atoms with van der Waals surface area (Å²) in [6.07, 6.45) is 7.35. The van der Waals surface area contributed by atoms with Crippen LogP contribution in [0.2, 0.25) is 10.0 Å². The van der Waals surface area contributed by atoms with Crippen LogP contribution >= 0.6 is 23.2 Å². The zero-order chi connectivity index (χ0) is 20.5. The van der Waals surface area contributed by atoms with Gasteiger partial charge in [-0.05, 0) is 60.6 Å². The van der Waals surface area contributed by atoms with E-state index in [1.165, 1.54) is 19.3 Å². The van der Waals surface area contributed by atoms with E-state index in [1.54, 1.807) is 0 Å². The van der Waals surface area contributed by atoms with E-state index in [-0.39, 0.29) is 6.04 Å². The molecular formula is C25H25Cl2N3. The van der Waals surface area contributed by atoms with Crippen molar-refractivity contribution in [3.8, 4) is 0 Å². The van der Waals surface area contributed by atoms with Crippen LogP contribution in [0.4, 0.5) is 5.69 Å². The maximum Gasteiger partial charge on any atom is 0.0636 e. The summed E-state index contributed by atoms with van der Waals surface area (Å²) in [6.45, 7) is 0.959. The number of hydrogen-bond acceptors (Lipinski definition) is 3. The van der Waals surface area contributed by atoms with Crippen molar-refractivity contribution >= 4 is 28.9 Å². The van der Waals surface area contributed by atoms with Crippen LogP contribution in [0.5, 0.6) is 0 Å². The first-order chi connectivity index (χ1) is 14.7. The summed E-state index contributed by atoms with van der Waals surface area (Å²) < 4.78 is 0. The lowest BCUT2D eigenvalue weighted by atomic mass is 9.89. The summed E-state index contributed by atoms with van der Waals surface area (Å²) in [5, 5.41) is 5.20. The molecular weight excluding hydrogens is 413 g/mol. The fourth-order valence-electron chi connectivity index (χ4n) is 5.38. The van der Waals surface area contributed by atoms with Gasteiger partial charge in [-0.1, -0.05) is 59.6 Å². The summed E-state index contributed by atoms with van der Waals surface area (Å²) in [7, 11) is 0. The zero-order valence-electron chi connectivity index (χ0n) is 16.7. The molecule has 2 fully saturated rings. The summed E-state index contributed by atoms with van der Waals surface area (Å²) in [5.41, 5.74) is 3.37. The molecule has 3 unspecified atom stereocenters. The van der Waals surface area contributed by atoms with Crippen LogP contribution < -0.4 is 5.32 Å². The number of benzene rings is 2. The minimum atomic E-state index is 0.0771. The van der Waals surface area contributed by atoms with Crippen LogP contribution in [0.25, 0.3) is 0 Å². The highest BCUT2D eigenvalue weighted by molar-refractivity contribution is 6.32. The normalized spacial score (nSPS) is 23.2. The Morgan fingerprint density at radius 1 is 0.933 bits per heavy atom. The monoisotopic (exact) mass is 437 g/mol. The number of fused-ring (bicyclic) bond motifs is 2. The van der Waals surface area contributed by atoms with Crippen LogP contribution in [0, 0.1) is 5.92 Å². The third kappa shape index (κ3) is 3.71. The van der Waals surface area contributed by atoms with Gasteiger partial charge >= 0.3 is 0 Å². The first kappa shape index (κ1) is 19.9. The Bertz CT molecular complexity index is 965. The molecule has 2 aromatic carbocycles. The number of anilines is 1. The third-order valence-corrected chi connectivity index (χ3v) is 7.34. The molecule has 3 aromatic rings. The van der Waals surface area contributed by atoms with Crippen LogP contribution in [-0.4, -0.2) is 28.5 Å². The molecule has 5 heteroatoms. The molecule has 1 aromatic heterocycles. The van der Waals surface area contributed by atoms with Gasteiger partial charge < -0.3 is 5.32 Å². The smallest absolute Gasteiger partial charge is 0.0636 e. The molecule has 0 aliphatic carbocycles. The average molecular weight is 438 g/mol. The van der Waals surface area contributed by atoms with Gasteiger partial charge in [0.2, 0.25) is 0 Å². The lowest BCUT2D eigenvalue weighted by Crippen LogP contribution is -2.36. The highest BCUT2D eigenvalue weighted by Crippen LogP contribution is 2.50. The topological polar surface area (TPSA) is 28.2 Å². The average Bonchev–Trinajstić information content (AvgIpc) is 3.33. The van der Waals surface area contributed by atoms with Crippen molar-refractivity contribution < 1.29 is 0 Å². The van der Waals surface area contributed by atoms with E-state index in [0.29, 0.717) is 18.0 Å². The quantitative estimate of drug-likeness (QED) is 0.480. The van der Waals surface area contributed by atoms with Crippen molar-refractivity contribution in [3.05, 3.63) is 94.2 Å². The Labute approximate surface area is 188 Å². The minimum Gasteiger partial charge on any atom is -0.383 e. The Balaban J connectivity index is 1.46. The van der Waals surface area contributed by atoms with Gasteiger partial charge in [0.05, 0.1) is 11.7 Å². The number of nitrogens with zero attached hydrogens (tertiary/aromatic N) is 2. The molecule has 5 rings (SSSR count). The molecule has 30 heavy (non-hydrogen) atoms. The number of pyridine rings is 1. The van der Waals surface area contributed by atoms with Crippen molar-refractivity contribution in [1.29, 1.82) is 0 Å². The highest BCUT2D eigenvalue weighted by atomic mass is 35.5. The number of rotatable bonds is 6. The lowest BCUT2D eigenvalue weighted by Gasteiger charge is -2.35. The van der Waals surface area contributed by atoms with Gasteiger partial charge in [0.25, 0.3) is 0 Å². The molecule has 3 atom stereocenters. The molecule has 0 radical (unpaired) electrons. The van der Waals surface area contributed by atoms with Crippen molar-refractivity contribution in [1.82, 2.24) is 9.88 Å². The Morgan fingerprint density at radius 3 is 2.27 bits per heavy atom. The van der Waals surface area contributed by atoms with Crippen LogP contribution in [0.15, 0.2) is 73.1 Å². The van der Waals surface area contributed by atoms with Gasteiger partial charge in [-0.15, -0.1) is 0 Å². The van der Waals surface area contributed by atoms with Gasteiger partial charge in [0, 0.05) is 41.1 Å². The maximum atomic E-state index is 6.70. The zero-order valence-corrected chi connectivity index (χ0v) is 18.2. The largest absolute Gasteiger partial charge is 0.383 e. The van der Waals surface area contributed by atoms with Crippen molar-refractivity contribution in [2.75, 3.05) is 11.9 Å². The predicted octanol–water partition coefficient (Wildman–Crippen LogP) is 6.44. The second-order valence-corrected chi connectivity index (χ2v) is 9.12. The van der Waals surface area contributed by atoms with Gasteiger partial charge in [-0.3, -0.25) is 9.88 Å². The van der Waals surface area contributed by atoms with E-state index in [0.717, 1.165) is 33.4 Å². The van der Waals surface area contributed by atoms with Gasteiger partial charge in [0.1, 0.15) is 0 Å². The third-order valence-electron chi connectivity index (χ3n) is 6.65. The fourth-order valence-corrected chi connectivity index (χ4v) is 5.86. The molecule has 2 aliphatic rings. The van der Waals surface area contributed by atoms with E-state index < -0.39 is 0 Å². The lowest BCUT2D eigenvalue weighted by molar-refractivity contribution is 0.193. The van der Waals surface area contributed by atoms with Crippen LogP contribution in [-0.2, 0) is 0 Å². The molecule has 154 valence electrons. The predicted molar refractivity (Wildman–Crippen MR) is 124 cm³/mol. The SMILES string of the molecule is Clc1ccccc1C(c1ccccc1Cl)N1C2CCC1C(CNc1cccnc1)C2. The number of halogens is 2. The van der Waals surface area contributed by atoms with E-state index in [9.17, 15) is 0 Å². The minimum absolute atomic E-state index is 0.0771. The van der Waals surface area contributed by atoms with Crippen molar-refractivity contribution in [3.63, 3.8) is 0 Å². The van der Waals surface area contributed by atoms with Gasteiger partial charge in [-0.25, -0.2) is 0 Å². The summed E-state index contributed by atoms with van der Waals surface area (Å²) >= 11 is 13.4. The molecule has 2 bridgehead atoms. The fraction of sp³-hybridized carbons (Fsp3) is 0.320. The molecule has 0 amide bonds. The first-order valence-corrected chi connectivity index (χ1v) is 11.4. The second-order valence-electron chi connectivity index (χ2n) is 8.31. The van der Waals surface area contributed by atoms with E-state index >= 15 is 0 Å². The summed E-state index contributed by atoms with van der Waals surface area (Å²) in [5.74, 6) is 0.594. The van der Waals surface area contributed by atoms with E-state index in [2.05, 4.69) is 45.5 Å². The van der Waals surface area contributed by atoms with Crippen LogP contribution in [0.3, 0.4) is 0 Å². The highest BCUT2D eigenvalue weighted by Gasteiger charge is 2.49. The molecule has 0 spiro atoms. The molecule has 0 saturated carbocycles. The Morgan fingerprint density at radius 2 is 1.63 bits per heavy atom. The molecule has 1 N–H and O–H groups in total. The first-order valence-electron chi connectivity index (χ1n) is 10.6. The van der Waals surface area contributed by atoms with Gasteiger partial charge in [-0.2, -0.15) is 0 Å². The summed E-state index contributed by atoms with van der Waals surface area (Å²) in [6, 6.07) is 21.6. The molecule has 2 saturated heterocycles. The van der Waals surface area contributed by atoms with Crippen molar-refractivity contribution in [2.45, 2.75) is 37.4 Å². The number of hydrogen-bond donors (Lipinski definition) is 1. The number of aromatic nitrogens is 1. The molecule has 3 nitrogen and oxygen atoms in total. The Hall–Kier alpha value is -2.07. The second kappa shape index (κ2) is 8.58. The molecule has 2 aliphatic heterocycles. The number of nitrogens with one attached hydrogen (secondary N) is 1.